The third kappa shape index (κ3) is 1.70. The van der Waals surface area contributed by atoms with Gasteiger partial charge in [0.25, 0.3) is 0 Å². The Bertz CT molecular complexity index is 224. The van der Waals surface area contributed by atoms with E-state index in [1.54, 1.807) is 6.08 Å². The summed E-state index contributed by atoms with van der Waals surface area (Å²) in [4.78, 5) is 0. The zero-order valence-electron chi connectivity index (χ0n) is 7.77. The molecule has 2 heterocycles. The van der Waals surface area contributed by atoms with Crippen LogP contribution in [0.15, 0.2) is 12.3 Å². The van der Waals surface area contributed by atoms with Gasteiger partial charge in [-0.2, -0.15) is 0 Å². The molecule has 2 aliphatic heterocycles. The Kier molecular flexibility index (Phi) is 2.06. The smallest absolute Gasteiger partial charge is 0.163 e. The second kappa shape index (κ2) is 2.97. The first-order chi connectivity index (χ1) is 6.08. The van der Waals surface area contributed by atoms with Gasteiger partial charge in [-0.25, -0.2) is 0 Å². The van der Waals surface area contributed by atoms with Gasteiger partial charge in [0, 0.05) is 0 Å². The van der Waals surface area contributed by atoms with Crippen molar-refractivity contribution >= 4 is 0 Å². The Hall–Kier alpha value is -0.580. The molecule has 0 amide bonds. The predicted molar refractivity (Wildman–Crippen MR) is 44.9 cm³/mol. The Labute approximate surface area is 77.1 Å². The maximum Gasteiger partial charge on any atom is 0.163 e. The molecule has 0 aromatic carbocycles. The summed E-state index contributed by atoms with van der Waals surface area (Å²) in [5.74, 6) is -0.628. The van der Waals surface area contributed by atoms with E-state index in [4.69, 9.17) is 14.2 Å². The molecular weight excluding hydrogens is 172 g/mol. The zero-order chi connectivity index (χ0) is 9.47. The highest BCUT2D eigenvalue weighted by Gasteiger charge is 2.42. The second-order valence-electron chi connectivity index (χ2n) is 3.79. The molecule has 0 saturated carbocycles. The zero-order valence-corrected chi connectivity index (χ0v) is 7.77. The number of hydrogen-bond acceptors (Lipinski definition) is 4. The van der Waals surface area contributed by atoms with Crippen molar-refractivity contribution in [3.63, 3.8) is 0 Å². The lowest BCUT2D eigenvalue weighted by Crippen LogP contribution is -2.54. The lowest BCUT2D eigenvalue weighted by Gasteiger charge is -2.43. The Balaban J connectivity index is 2.12. The largest absolute Gasteiger partial charge is 0.493 e. The molecule has 4 heteroatoms. The number of rotatable bonds is 0. The van der Waals surface area contributed by atoms with Crippen LogP contribution in [-0.2, 0) is 14.2 Å². The Morgan fingerprint density at radius 1 is 1.46 bits per heavy atom. The van der Waals surface area contributed by atoms with Crippen LogP contribution in [-0.4, -0.2) is 35.8 Å². The van der Waals surface area contributed by atoms with Crippen molar-refractivity contribution < 1.29 is 19.3 Å². The van der Waals surface area contributed by atoms with E-state index in [1.165, 1.54) is 6.26 Å². The van der Waals surface area contributed by atoms with Gasteiger partial charge >= 0.3 is 0 Å². The summed E-state index contributed by atoms with van der Waals surface area (Å²) in [6.07, 6.45) is 1.99. The standard InChI is InChI=1S/C9H14O4/c1-9(2)12-5-7-8(13-9)6(10)3-4-11-7/h3-4,6-8,10H,5H2,1-2H3/t6-,7+,8-/m0/s1. The quantitative estimate of drug-likeness (QED) is 0.595. The van der Waals surface area contributed by atoms with Gasteiger partial charge in [-0.05, 0) is 19.9 Å². The molecule has 0 aromatic heterocycles. The summed E-state index contributed by atoms with van der Waals surface area (Å²) >= 11 is 0. The minimum absolute atomic E-state index is 0.187. The Morgan fingerprint density at radius 3 is 3.00 bits per heavy atom. The fourth-order valence-corrected chi connectivity index (χ4v) is 1.56. The van der Waals surface area contributed by atoms with Crippen LogP contribution < -0.4 is 0 Å². The lowest BCUT2D eigenvalue weighted by molar-refractivity contribution is -0.318. The van der Waals surface area contributed by atoms with Gasteiger partial charge in [-0.3, -0.25) is 0 Å². The minimum Gasteiger partial charge on any atom is -0.493 e. The van der Waals surface area contributed by atoms with E-state index in [1.807, 2.05) is 13.8 Å². The predicted octanol–water partition coefficient (Wildman–Crippen LogP) is 0.411. The first kappa shape index (κ1) is 8.99. The summed E-state index contributed by atoms with van der Waals surface area (Å²) in [5.41, 5.74) is 0. The fraction of sp³-hybridized carbons (Fsp3) is 0.778. The molecular formula is C9H14O4. The Morgan fingerprint density at radius 2 is 2.23 bits per heavy atom. The number of aliphatic hydroxyl groups excluding tert-OH is 1. The van der Waals surface area contributed by atoms with Crippen molar-refractivity contribution in [3.05, 3.63) is 12.3 Å². The SMILES string of the molecule is CC1(C)OC[C@H]2OC=C[C@H](O)[C@@H]2O1. The molecule has 1 fully saturated rings. The molecule has 0 aliphatic carbocycles. The highest BCUT2D eigenvalue weighted by molar-refractivity contribution is 4.99. The number of ether oxygens (including phenoxy) is 3. The molecule has 2 aliphatic rings. The number of fused-ring (bicyclic) bond motifs is 1. The van der Waals surface area contributed by atoms with Crippen molar-refractivity contribution in [2.45, 2.75) is 37.9 Å². The van der Waals surface area contributed by atoms with Crippen molar-refractivity contribution in [2.75, 3.05) is 6.61 Å². The van der Waals surface area contributed by atoms with Gasteiger partial charge < -0.3 is 19.3 Å². The molecule has 1 saturated heterocycles. The van der Waals surface area contributed by atoms with Crippen LogP contribution in [0.3, 0.4) is 0 Å². The molecule has 0 radical (unpaired) electrons. The molecule has 0 aromatic rings. The summed E-state index contributed by atoms with van der Waals surface area (Å²) in [5, 5.41) is 9.59. The van der Waals surface area contributed by atoms with Gasteiger partial charge in [-0.15, -0.1) is 0 Å². The van der Waals surface area contributed by atoms with E-state index in [0.29, 0.717) is 6.61 Å². The van der Waals surface area contributed by atoms with Crippen LogP contribution in [0.25, 0.3) is 0 Å². The molecule has 0 spiro atoms. The highest BCUT2D eigenvalue weighted by Crippen LogP contribution is 2.28. The van der Waals surface area contributed by atoms with E-state index < -0.39 is 11.9 Å². The van der Waals surface area contributed by atoms with Crippen LogP contribution in [0.1, 0.15) is 13.8 Å². The van der Waals surface area contributed by atoms with E-state index in [9.17, 15) is 5.11 Å². The monoisotopic (exact) mass is 186 g/mol. The van der Waals surface area contributed by atoms with Gasteiger partial charge in [0.15, 0.2) is 11.9 Å². The van der Waals surface area contributed by atoms with Crippen LogP contribution in [0.5, 0.6) is 0 Å². The normalized spacial score (nSPS) is 42.2. The third-order valence-corrected chi connectivity index (χ3v) is 2.25. The molecule has 13 heavy (non-hydrogen) atoms. The topological polar surface area (TPSA) is 47.9 Å². The molecule has 3 atom stereocenters. The maximum atomic E-state index is 9.59. The van der Waals surface area contributed by atoms with Gasteiger partial charge in [0.1, 0.15) is 12.2 Å². The average Bonchev–Trinajstić information content (AvgIpc) is 2.06. The summed E-state index contributed by atoms with van der Waals surface area (Å²) in [6.45, 7) is 4.11. The third-order valence-electron chi connectivity index (χ3n) is 2.25. The van der Waals surface area contributed by atoms with Crippen molar-refractivity contribution in [1.82, 2.24) is 0 Å². The van der Waals surface area contributed by atoms with Crippen LogP contribution in [0.4, 0.5) is 0 Å². The van der Waals surface area contributed by atoms with Gasteiger partial charge in [-0.1, -0.05) is 0 Å². The molecule has 4 nitrogen and oxygen atoms in total. The minimum atomic E-state index is -0.628. The van der Waals surface area contributed by atoms with Crippen LogP contribution in [0.2, 0.25) is 0 Å². The van der Waals surface area contributed by atoms with Crippen molar-refractivity contribution in [1.29, 1.82) is 0 Å². The molecule has 0 unspecified atom stereocenters. The lowest BCUT2D eigenvalue weighted by atomic mass is 10.0. The first-order valence-corrected chi connectivity index (χ1v) is 4.40. The highest BCUT2D eigenvalue weighted by atomic mass is 16.7. The summed E-state index contributed by atoms with van der Waals surface area (Å²) in [6, 6.07) is 0. The van der Waals surface area contributed by atoms with E-state index in [-0.39, 0.29) is 12.2 Å². The van der Waals surface area contributed by atoms with Crippen molar-refractivity contribution in [3.8, 4) is 0 Å². The molecule has 2 rings (SSSR count). The van der Waals surface area contributed by atoms with Crippen LogP contribution in [0, 0.1) is 0 Å². The van der Waals surface area contributed by atoms with Crippen molar-refractivity contribution in [2.24, 2.45) is 0 Å². The van der Waals surface area contributed by atoms with E-state index in [0.717, 1.165) is 0 Å². The first-order valence-electron chi connectivity index (χ1n) is 4.40. The number of hydrogen-bond donors (Lipinski definition) is 1. The fourth-order valence-electron chi connectivity index (χ4n) is 1.56. The van der Waals surface area contributed by atoms with E-state index >= 15 is 0 Å². The second-order valence-corrected chi connectivity index (χ2v) is 3.79. The maximum absolute atomic E-state index is 9.59. The van der Waals surface area contributed by atoms with Gasteiger partial charge in [0.2, 0.25) is 0 Å². The molecule has 1 N–H and O–H groups in total. The summed E-state index contributed by atoms with van der Waals surface area (Å²) in [7, 11) is 0. The van der Waals surface area contributed by atoms with Crippen LogP contribution >= 0.6 is 0 Å². The van der Waals surface area contributed by atoms with E-state index in [2.05, 4.69) is 0 Å². The number of aliphatic hydroxyl groups is 1. The average molecular weight is 186 g/mol. The molecule has 74 valence electrons. The summed E-state index contributed by atoms with van der Waals surface area (Å²) < 4.78 is 16.2. The molecule has 0 bridgehead atoms. The van der Waals surface area contributed by atoms with Gasteiger partial charge in [0.05, 0.1) is 12.9 Å².